The van der Waals surface area contributed by atoms with Crippen LogP contribution in [0, 0.1) is 0 Å². The van der Waals surface area contributed by atoms with Crippen LogP contribution in [0.1, 0.15) is 12.5 Å². The van der Waals surface area contributed by atoms with Crippen molar-refractivity contribution in [2.45, 2.75) is 6.92 Å². The average molecular weight is 387 g/mol. The minimum absolute atomic E-state index is 0.0262. The number of benzene rings is 2. The molecule has 0 saturated carbocycles. The van der Waals surface area contributed by atoms with E-state index in [1.54, 1.807) is 17.0 Å². The monoisotopic (exact) mass is 388 g/mol. The van der Waals surface area contributed by atoms with Crippen LogP contribution in [-0.4, -0.2) is 47.8 Å². The first kappa shape index (κ1) is 16.3. The maximum absolute atomic E-state index is 12.9. The SMILES string of the molecule is CCN1C(=[Se])N(c2ccccc2)C(=O)C1=Cc1ccc(O)cc1O. The molecule has 1 fully saturated rings. The van der Waals surface area contributed by atoms with Gasteiger partial charge in [0.2, 0.25) is 0 Å². The number of phenols is 2. The summed E-state index contributed by atoms with van der Waals surface area (Å²) in [4.78, 5) is 16.4. The minimum atomic E-state index is -0.177. The number of carbonyl (C=O) groups is 1. The zero-order valence-corrected chi connectivity index (χ0v) is 14.7. The van der Waals surface area contributed by atoms with Crippen LogP contribution in [0.5, 0.6) is 11.5 Å². The van der Waals surface area contributed by atoms with E-state index in [-0.39, 0.29) is 17.4 Å². The quantitative estimate of drug-likeness (QED) is 0.625. The fourth-order valence-corrected chi connectivity index (χ4v) is 3.46. The molecule has 0 bridgehead atoms. The Kier molecular flexibility index (Phi) is 4.42. The number of rotatable bonds is 3. The van der Waals surface area contributed by atoms with Gasteiger partial charge in [0.05, 0.1) is 0 Å². The molecule has 3 rings (SSSR count). The Morgan fingerprint density at radius 3 is 2.46 bits per heavy atom. The molecular formula is C18H16N2O3Se. The third kappa shape index (κ3) is 2.82. The van der Waals surface area contributed by atoms with E-state index in [4.69, 9.17) is 0 Å². The molecule has 2 N–H and O–H groups in total. The van der Waals surface area contributed by atoms with Crippen LogP contribution in [0.15, 0.2) is 54.2 Å². The first-order valence-corrected chi connectivity index (χ1v) is 8.33. The third-order valence-electron chi connectivity index (χ3n) is 3.77. The number of phenolic OH excluding ortho intramolecular Hbond substituents is 2. The molecule has 1 heterocycles. The third-order valence-corrected chi connectivity index (χ3v) is 4.62. The second kappa shape index (κ2) is 6.51. The summed E-state index contributed by atoms with van der Waals surface area (Å²) in [6.07, 6.45) is 1.63. The molecule has 0 radical (unpaired) electrons. The van der Waals surface area contributed by atoms with Gasteiger partial charge in [-0.3, -0.25) is 0 Å². The Morgan fingerprint density at radius 2 is 1.83 bits per heavy atom. The number of likely N-dealkylation sites (N-methyl/N-ethyl adjacent to an activating group) is 1. The van der Waals surface area contributed by atoms with E-state index in [0.717, 1.165) is 5.69 Å². The van der Waals surface area contributed by atoms with Gasteiger partial charge in [0.25, 0.3) is 0 Å². The molecule has 1 aliphatic rings. The molecule has 6 heteroatoms. The number of amides is 1. The van der Waals surface area contributed by atoms with E-state index in [1.165, 1.54) is 12.1 Å². The van der Waals surface area contributed by atoms with Gasteiger partial charge in [-0.2, -0.15) is 0 Å². The van der Waals surface area contributed by atoms with Crippen LogP contribution in [0.25, 0.3) is 6.08 Å². The summed E-state index contributed by atoms with van der Waals surface area (Å²) >= 11 is 2.96. The number of aromatic hydroxyl groups is 2. The number of carbonyl (C=O) groups excluding carboxylic acids is 1. The molecule has 1 amide bonds. The molecule has 0 atom stereocenters. The van der Waals surface area contributed by atoms with E-state index in [2.05, 4.69) is 15.6 Å². The predicted octanol–water partition coefficient (Wildman–Crippen LogP) is 2.06. The van der Waals surface area contributed by atoms with Crippen LogP contribution in [0.3, 0.4) is 0 Å². The molecule has 2 aromatic rings. The van der Waals surface area contributed by atoms with Crippen LogP contribution < -0.4 is 4.90 Å². The van der Waals surface area contributed by atoms with Crippen molar-refractivity contribution in [2.75, 3.05) is 11.4 Å². The Balaban J connectivity index is 2.05. The van der Waals surface area contributed by atoms with Gasteiger partial charge < -0.3 is 0 Å². The fraction of sp³-hybridized carbons (Fsp3) is 0.111. The van der Waals surface area contributed by atoms with Gasteiger partial charge in [0.1, 0.15) is 0 Å². The predicted molar refractivity (Wildman–Crippen MR) is 94.8 cm³/mol. The zero-order valence-electron chi connectivity index (χ0n) is 13.0. The number of hydrogen-bond acceptors (Lipinski definition) is 4. The van der Waals surface area contributed by atoms with E-state index in [0.29, 0.717) is 22.5 Å². The van der Waals surface area contributed by atoms with E-state index in [1.807, 2.05) is 42.2 Å². The molecule has 5 nitrogen and oxygen atoms in total. The van der Waals surface area contributed by atoms with Gasteiger partial charge in [-0.25, -0.2) is 0 Å². The van der Waals surface area contributed by atoms with Gasteiger partial charge >= 0.3 is 147 Å². The Morgan fingerprint density at radius 1 is 1.12 bits per heavy atom. The molecule has 2 aromatic carbocycles. The molecule has 122 valence electrons. The van der Waals surface area contributed by atoms with E-state index < -0.39 is 0 Å². The van der Waals surface area contributed by atoms with Gasteiger partial charge in [0, 0.05) is 0 Å². The van der Waals surface area contributed by atoms with Crippen molar-refractivity contribution in [1.82, 2.24) is 4.90 Å². The number of anilines is 1. The van der Waals surface area contributed by atoms with Crippen molar-refractivity contribution in [3.8, 4) is 11.5 Å². The molecule has 1 saturated heterocycles. The first-order valence-electron chi connectivity index (χ1n) is 7.47. The Labute approximate surface area is 147 Å². The maximum atomic E-state index is 12.9. The van der Waals surface area contributed by atoms with E-state index in [9.17, 15) is 15.0 Å². The van der Waals surface area contributed by atoms with Crippen molar-refractivity contribution in [2.24, 2.45) is 0 Å². The Bertz CT molecular complexity index is 833. The summed E-state index contributed by atoms with van der Waals surface area (Å²) in [6.45, 7) is 2.55. The van der Waals surface area contributed by atoms with Crippen molar-refractivity contribution < 1.29 is 15.0 Å². The summed E-state index contributed by atoms with van der Waals surface area (Å²) in [7, 11) is 0. The summed E-state index contributed by atoms with van der Waals surface area (Å²) < 4.78 is 0.693. The molecular weight excluding hydrogens is 371 g/mol. The molecule has 24 heavy (non-hydrogen) atoms. The van der Waals surface area contributed by atoms with Crippen molar-refractivity contribution in [1.29, 1.82) is 0 Å². The molecule has 1 aliphatic heterocycles. The summed E-state index contributed by atoms with van der Waals surface area (Å²) in [5.41, 5.74) is 1.70. The van der Waals surface area contributed by atoms with Crippen LogP contribution in [0.4, 0.5) is 5.69 Å². The van der Waals surface area contributed by atoms with Crippen molar-refractivity contribution in [3.63, 3.8) is 0 Å². The summed E-state index contributed by atoms with van der Waals surface area (Å²) in [6, 6.07) is 13.7. The Hall–Kier alpha value is -2.56. The topological polar surface area (TPSA) is 64.0 Å². The van der Waals surface area contributed by atoms with Crippen molar-refractivity contribution in [3.05, 3.63) is 59.8 Å². The number of para-hydroxylation sites is 1. The van der Waals surface area contributed by atoms with Crippen molar-refractivity contribution >= 4 is 37.9 Å². The molecule has 0 aromatic heterocycles. The standard InChI is InChI=1S/C18H16N2O3Se/c1-2-19-15(10-12-8-9-14(21)11-16(12)22)17(23)20(18(19)24)13-6-4-3-5-7-13/h3-11,21-22H,2H2,1H3. The average Bonchev–Trinajstić information content (AvgIpc) is 2.81. The number of nitrogens with zero attached hydrogens (tertiary/aromatic N) is 2. The number of hydrogen-bond donors (Lipinski definition) is 2. The molecule has 0 spiro atoms. The van der Waals surface area contributed by atoms with Crippen LogP contribution in [0.2, 0.25) is 0 Å². The van der Waals surface area contributed by atoms with Gasteiger partial charge in [-0.05, 0) is 0 Å². The first-order chi connectivity index (χ1) is 11.5. The van der Waals surface area contributed by atoms with Crippen LogP contribution >= 0.6 is 0 Å². The second-order valence-corrected chi connectivity index (χ2v) is 6.04. The van der Waals surface area contributed by atoms with E-state index >= 15 is 0 Å². The van der Waals surface area contributed by atoms with Gasteiger partial charge in [0.15, 0.2) is 0 Å². The zero-order chi connectivity index (χ0) is 17.3. The normalized spacial score (nSPS) is 16.3. The van der Waals surface area contributed by atoms with Gasteiger partial charge in [-0.1, -0.05) is 0 Å². The summed E-state index contributed by atoms with van der Waals surface area (Å²) in [5.74, 6) is -0.280. The molecule has 0 aliphatic carbocycles. The molecule has 0 unspecified atom stereocenters. The second-order valence-electron chi connectivity index (χ2n) is 5.28. The summed E-state index contributed by atoms with van der Waals surface area (Å²) in [5, 5.41) is 19.4. The van der Waals surface area contributed by atoms with Crippen LogP contribution in [-0.2, 0) is 4.79 Å². The fourth-order valence-electron chi connectivity index (χ4n) is 2.59. The van der Waals surface area contributed by atoms with Gasteiger partial charge in [-0.15, -0.1) is 0 Å².